The number of halogens is 3. The quantitative estimate of drug-likeness (QED) is 0.809. The lowest BCUT2D eigenvalue weighted by Gasteiger charge is -2.15. The van der Waals surface area contributed by atoms with Gasteiger partial charge in [0.05, 0.1) is 6.42 Å². The Balaban J connectivity index is 2.36. The normalized spacial score (nSPS) is 13.1. The van der Waals surface area contributed by atoms with E-state index < -0.39 is 12.6 Å². The second kappa shape index (κ2) is 5.40. The number of hydrogen-bond acceptors (Lipinski definition) is 2. The van der Waals surface area contributed by atoms with E-state index in [-0.39, 0.29) is 12.0 Å². The van der Waals surface area contributed by atoms with E-state index in [2.05, 4.69) is 26.1 Å². The van der Waals surface area contributed by atoms with Crippen LogP contribution in [0, 0.1) is 0 Å². The number of hydrogen-bond donors (Lipinski definition) is 1. The maximum absolute atomic E-state index is 11.9. The number of thiophene rings is 1. The van der Waals surface area contributed by atoms with Crippen LogP contribution in [0.3, 0.4) is 0 Å². The summed E-state index contributed by atoms with van der Waals surface area (Å²) < 4.78 is 35.7. The Bertz CT molecular complexity index is 349. The molecule has 1 heterocycles. The van der Waals surface area contributed by atoms with Crippen LogP contribution in [0.4, 0.5) is 13.2 Å². The van der Waals surface area contributed by atoms with E-state index in [9.17, 15) is 13.2 Å². The van der Waals surface area contributed by atoms with Crippen LogP contribution in [-0.2, 0) is 12.0 Å². The van der Waals surface area contributed by atoms with Crippen LogP contribution in [0.15, 0.2) is 12.1 Å². The molecule has 0 fully saturated rings. The average molecular weight is 265 g/mol. The minimum absolute atomic E-state index is 0.0216. The van der Waals surface area contributed by atoms with Gasteiger partial charge in [0.15, 0.2) is 0 Å². The first-order valence-corrected chi connectivity index (χ1v) is 6.37. The maximum Gasteiger partial charge on any atom is 0.390 e. The molecule has 0 saturated carbocycles. The first kappa shape index (κ1) is 14.5. The van der Waals surface area contributed by atoms with Crippen molar-refractivity contribution in [3.8, 4) is 0 Å². The predicted octanol–water partition coefficient (Wildman–Crippen LogP) is 4.09. The van der Waals surface area contributed by atoms with Crippen LogP contribution in [-0.4, -0.2) is 12.7 Å². The molecule has 0 bridgehead atoms. The molecule has 5 heteroatoms. The molecule has 0 saturated heterocycles. The van der Waals surface area contributed by atoms with Crippen LogP contribution >= 0.6 is 11.3 Å². The van der Waals surface area contributed by atoms with Gasteiger partial charge in [-0.25, -0.2) is 0 Å². The number of alkyl halides is 3. The summed E-state index contributed by atoms with van der Waals surface area (Å²) in [7, 11) is 0. The first-order chi connectivity index (χ1) is 7.68. The summed E-state index contributed by atoms with van der Waals surface area (Å²) in [4.78, 5) is 2.34. The van der Waals surface area contributed by atoms with E-state index in [0.29, 0.717) is 6.54 Å². The van der Waals surface area contributed by atoms with E-state index in [1.165, 1.54) is 4.88 Å². The third-order valence-electron chi connectivity index (χ3n) is 2.29. The highest BCUT2D eigenvalue weighted by Crippen LogP contribution is 2.29. The van der Waals surface area contributed by atoms with Crippen LogP contribution < -0.4 is 5.32 Å². The first-order valence-electron chi connectivity index (χ1n) is 5.55. The van der Waals surface area contributed by atoms with Gasteiger partial charge in [-0.05, 0) is 17.5 Å². The van der Waals surface area contributed by atoms with E-state index in [1.807, 2.05) is 12.1 Å². The Labute approximate surface area is 104 Å². The molecule has 1 aromatic rings. The second-order valence-electron chi connectivity index (χ2n) is 5.06. The van der Waals surface area contributed by atoms with Crippen molar-refractivity contribution in [3.05, 3.63) is 21.9 Å². The van der Waals surface area contributed by atoms with Crippen molar-refractivity contribution in [1.82, 2.24) is 5.32 Å². The molecular formula is C12H18F3NS. The maximum atomic E-state index is 11.9. The number of nitrogens with one attached hydrogen (secondary N) is 1. The van der Waals surface area contributed by atoms with Gasteiger partial charge in [-0.1, -0.05) is 20.8 Å². The Hall–Kier alpha value is -0.550. The minimum atomic E-state index is -4.07. The lowest BCUT2D eigenvalue weighted by molar-refractivity contribution is -0.133. The molecule has 0 unspecified atom stereocenters. The summed E-state index contributed by atoms with van der Waals surface area (Å²) in [6.07, 6.45) is -4.84. The van der Waals surface area contributed by atoms with Crippen molar-refractivity contribution >= 4 is 11.3 Å². The zero-order valence-electron chi connectivity index (χ0n) is 10.3. The minimum Gasteiger partial charge on any atom is -0.312 e. The summed E-state index contributed by atoms with van der Waals surface area (Å²) in [6, 6.07) is 4.03. The van der Waals surface area contributed by atoms with Gasteiger partial charge >= 0.3 is 6.18 Å². The summed E-state index contributed by atoms with van der Waals surface area (Å²) in [5.74, 6) is 0. The van der Waals surface area contributed by atoms with Gasteiger partial charge in [-0.15, -0.1) is 11.3 Å². The molecule has 0 spiro atoms. The molecule has 0 aliphatic heterocycles. The van der Waals surface area contributed by atoms with E-state index >= 15 is 0 Å². The zero-order valence-corrected chi connectivity index (χ0v) is 11.1. The topological polar surface area (TPSA) is 12.0 Å². The summed E-state index contributed by atoms with van der Waals surface area (Å²) >= 11 is 1.65. The van der Waals surface area contributed by atoms with Crippen molar-refractivity contribution in [1.29, 1.82) is 0 Å². The Morgan fingerprint density at radius 3 is 2.29 bits per heavy atom. The average Bonchev–Trinajstić information content (AvgIpc) is 2.58. The molecule has 17 heavy (non-hydrogen) atoms. The molecule has 0 amide bonds. The Morgan fingerprint density at radius 1 is 1.18 bits per heavy atom. The fraction of sp³-hybridized carbons (Fsp3) is 0.667. The fourth-order valence-electron chi connectivity index (χ4n) is 1.32. The van der Waals surface area contributed by atoms with Crippen LogP contribution in [0.1, 0.15) is 36.9 Å². The van der Waals surface area contributed by atoms with Crippen LogP contribution in [0.25, 0.3) is 0 Å². The van der Waals surface area contributed by atoms with Crippen LogP contribution in [0.5, 0.6) is 0 Å². The smallest absolute Gasteiger partial charge is 0.312 e. The van der Waals surface area contributed by atoms with Gasteiger partial charge in [0, 0.05) is 22.8 Å². The largest absolute Gasteiger partial charge is 0.390 e. The molecule has 1 aromatic heterocycles. The van der Waals surface area contributed by atoms with Gasteiger partial charge in [-0.3, -0.25) is 0 Å². The molecule has 1 N–H and O–H groups in total. The highest BCUT2D eigenvalue weighted by atomic mass is 32.1. The van der Waals surface area contributed by atoms with E-state index in [1.54, 1.807) is 11.3 Å². The van der Waals surface area contributed by atoms with Crippen molar-refractivity contribution in [2.24, 2.45) is 0 Å². The third-order valence-corrected chi connectivity index (χ3v) is 3.80. The van der Waals surface area contributed by atoms with Gasteiger partial charge in [0.25, 0.3) is 0 Å². The van der Waals surface area contributed by atoms with Crippen molar-refractivity contribution in [3.63, 3.8) is 0 Å². The highest BCUT2D eigenvalue weighted by molar-refractivity contribution is 7.12. The van der Waals surface area contributed by atoms with Crippen molar-refractivity contribution in [2.45, 2.75) is 45.3 Å². The summed E-state index contributed by atoms with van der Waals surface area (Å²) in [6.45, 7) is 6.86. The lowest BCUT2D eigenvalue weighted by atomic mass is 9.95. The summed E-state index contributed by atoms with van der Waals surface area (Å²) in [5.41, 5.74) is 0.106. The molecule has 0 aliphatic rings. The van der Waals surface area contributed by atoms with Crippen LogP contribution in [0.2, 0.25) is 0 Å². The van der Waals surface area contributed by atoms with Crippen molar-refractivity contribution < 1.29 is 13.2 Å². The molecule has 0 atom stereocenters. The predicted molar refractivity (Wildman–Crippen MR) is 65.4 cm³/mol. The highest BCUT2D eigenvalue weighted by Gasteiger charge is 2.25. The van der Waals surface area contributed by atoms with Gasteiger partial charge in [0.2, 0.25) is 0 Å². The molecule has 0 aromatic carbocycles. The van der Waals surface area contributed by atoms with E-state index in [0.717, 1.165) is 4.88 Å². The Morgan fingerprint density at radius 2 is 1.82 bits per heavy atom. The van der Waals surface area contributed by atoms with Gasteiger partial charge in [0.1, 0.15) is 0 Å². The van der Waals surface area contributed by atoms with E-state index in [4.69, 9.17) is 0 Å². The molecule has 1 nitrogen and oxygen atoms in total. The molecule has 98 valence electrons. The van der Waals surface area contributed by atoms with Gasteiger partial charge < -0.3 is 5.32 Å². The molecule has 1 rings (SSSR count). The van der Waals surface area contributed by atoms with Gasteiger partial charge in [-0.2, -0.15) is 13.2 Å². The molecular weight excluding hydrogens is 247 g/mol. The van der Waals surface area contributed by atoms with Crippen molar-refractivity contribution in [2.75, 3.05) is 6.54 Å². The molecule has 0 radical (unpaired) electrons. The fourth-order valence-corrected chi connectivity index (χ4v) is 2.35. The Kier molecular flexibility index (Phi) is 4.61. The number of rotatable bonds is 4. The second-order valence-corrected chi connectivity index (χ2v) is 6.23. The monoisotopic (exact) mass is 265 g/mol. The zero-order chi connectivity index (χ0) is 13.1. The summed E-state index contributed by atoms with van der Waals surface area (Å²) in [5, 5.41) is 2.81. The molecule has 0 aliphatic carbocycles. The standard InChI is InChI=1S/C12H18F3NS/c1-11(2,3)10-5-4-9(17-10)8-16-7-6-12(13,14)15/h4-5,16H,6-8H2,1-3H3. The SMILES string of the molecule is CC(C)(C)c1ccc(CNCCC(F)(F)F)s1. The third kappa shape index (κ3) is 5.55. The lowest BCUT2D eigenvalue weighted by Crippen LogP contribution is -2.20.